The van der Waals surface area contributed by atoms with E-state index < -0.39 is 0 Å². The van der Waals surface area contributed by atoms with Crippen molar-refractivity contribution in [2.45, 2.75) is 25.3 Å². The topological polar surface area (TPSA) is 113 Å². The molecule has 1 saturated heterocycles. The molecule has 8 heteroatoms. The normalized spacial score (nSPS) is 16.0. The summed E-state index contributed by atoms with van der Waals surface area (Å²) in [6.07, 6.45) is 6.92. The Labute approximate surface area is 169 Å². The molecule has 0 saturated carbocycles. The molecule has 29 heavy (non-hydrogen) atoms. The minimum absolute atomic E-state index is 0.0795. The Bertz CT molecular complexity index is 1040. The van der Waals surface area contributed by atoms with Crippen LogP contribution >= 0.6 is 0 Å². The van der Waals surface area contributed by atoms with Gasteiger partial charge in [-0.3, -0.25) is 0 Å². The first-order valence-corrected chi connectivity index (χ1v) is 9.66. The smallest absolute Gasteiger partial charge is 0.138 e. The number of anilines is 1. The third-order valence-electron chi connectivity index (χ3n) is 5.36. The fourth-order valence-electron chi connectivity index (χ4n) is 3.62. The summed E-state index contributed by atoms with van der Waals surface area (Å²) in [5.74, 6) is 1.48. The fourth-order valence-corrected chi connectivity index (χ4v) is 3.62. The number of fused-ring (bicyclic) bond motifs is 1. The van der Waals surface area contributed by atoms with E-state index in [1.54, 1.807) is 10.7 Å². The van der Waals surface area contributed by atoms with Gasteiger partial charge in [-0.2, -0.15) is 10.4 Å². The summed E-state index contributed by atoms with van der Waals surface area (Å²) in [7, 11) is 0. The number of ether oxygens (including phenoxy) is 1. The van der Waals surface area contributed by atoms with Gasteiger partial charge >= 0.3 is 0 Å². The average Bonchev–Trinajstić information content (AvgIpc) is 3.15. The number of aliphatic hydroxyl groups excluding tert-OH is 1. The molecule has 0 radical (unpaired) electrons. The molecule has 3 aromatic rings. The highest BCUT2D eigenvalue weighted by Gasteiger charge is 2.26. The predicted molar refractivity (Wildman–Crippen MR) is 110 cm³/mol. The first kappa shape index (κ1) is 19.2. The van der Waals surface area contributed by atoms with E-state index in [-0.39, 0.29) is 18.8 Å². The number of aromatic nitrogens is 3. The van der Waals surface area contributed by atoms with Crippen LogP contribution in [0.5, 0.6) is 5.75 Å². The van der Waals surface area contributed by atoms with Crippen LogP contribution in [0.1, 0.15) is 25.3 Å². The van der Waals surface area contributed by atoms with Crippen LogP contribution in [0, 0.1) is 11.3 Å². The first-order valence-electron chi connectivity index (χ1n) is 9.66. The molecule has 4 heterocycles. The molecule has 3 aromatic heterocycles. The molecular weight excluding hydrogens is 368 g/mol. The Morgan fingerprint density at radius 1 is 1.31 bits per heavy atom. The second-order valence-electron chi connectivity index (χ2n) is 7.67. The molecule has 0 amide bonds. The van der Waals surface area contributed by atoms with Gasteiger partial charge in [0.1, 0.15) is 24.2 Å². The molecule has 1 fully saturated rings. The van der Waals surface area contributed by atoms with Crippen LogP contribution in [0.2, 0.25) is 0 Å². The van der Waals surface area contributed by atoms with Crippen molar-refractivity contribution in [1.82, 2.24) is 14.6 Å². The molecule has 1 aliphatic heterocycles. The van der Waals surface area contributed by atoms with E-state index in [4.69, 9.17) is 15.6 Å². The summed E-state index contributed by atoms with van der Waals surface area (Å²) in [6.45, 7) is 3.97. The van der Waals surface area contributed by atoms with Gasteiger partial charge in [-0.15, -0.1) is 0 Å². The zero-order valence-electron chi connectivity index (χ0n) is 16.4. The minimum atomic E-state index is -0.104. The standard InChI is InChI=1S/C21H24N6O2/c1-21(23)4-6-26(7-5-21)19-3-2-15(12-24-19)18-10-17(29-9-8-28)14-27-20(18)16(11-22)13-25-27/h2-3,10,12-14,28H,4-9,23H2,1H3. The van der Waals surface area contributed by atoms with Crippen LogP contribution in [-0.2, 0) is 0 Å². The van der Waals surface area contributed by atoms with Gasteiger partial charge in [0.05, 0.1) is 30.1 Å². The zero-order valence-corrected chi connectivity index (χ0v) is 16.4. The quantitative estimate of drug-likeness (QED) is 0.682. The van der Waals surface area contributed by atoms with Crippen molar-refractivity contribution in [3.05, 3.63) is 42.4 Å². The second-order valence-corrected chi connectivity index (χ2v) is 7.67. The summed E-state index contributed by atoms with van der Waals surface area (Å²) >= 11 is 0. The zero-order chi connectivity index (χ0) is 20.4. The summed E-state index contributed by atoms with van der Waals surface area (Å²) in [5.41, 5.74) is 8.98. The number of pyridine rings is 2. The lowest BCUT2D eigenvalue weighted by atomic mass is 9.91. The van der Waals surface area contributed by atoms with Crippen LogP contribution in [0.3, 0.4) is 0 Å². The highest BCUT2D eigenvalue weighted by atomic mass is 16.5. The summed E-state index contributed by atoms with van der Waals surface area (Å²) < 4.78 is 7.20. The molecule has 0 aliphatic carbocycles. The molecule has 1 aliphatic rings. The van der Waals surface area contributed by atoms with Gasteiger partial charge in [0.15, 0.2) is 0 Å². The van der Waals surface area contributed by atoms with Gasteiger partial charge in [0, 0.05) is 36.0 Å². The molecule has 0 bridgehead atoms. The Morgan fingerprint density at radius 3 is 2.76 bits per heavy atom. The van der Waals surface area contributed by atoms with E-state index in [9.17, 15) is 5.26 Å². The third kappa shape index (κ3) is 3.88. The maximum absolute atomic E-state index is 9.46. The molecule has 4 rings (SSSR count). The van der Waals surface area contributed by atoms with Gasteiger partial charge in [-0.25, -0.2) is 9.50 Å². The number of piperidine rings is 1. The van der Waals surface area contributed by atoms with Gasteiger partial charge in [-0.05, 0) is 38.0 Å². The maximum atomic E-state index is 9.46. The highest BCUT2D eigenvalue weighted by molar-refractivity contribution is 5.85. The number of hydrogen-bond donors (Lipinski definition) is 2. The van der Waals surface area contributed by atoms with Gasteiger partial charge < -0.3 is 20.5 Å². The summed E-state index contributed by atoms with van der Waals surface area (Å²) in [5, 5.41) is 22.8. The Hall–Kier alpha value is -3.15. The van der Waals surface area contributed by atoms with E-state index in [0.29, 0.717) is 16.8 Å². The number of rotatable bonds is 5. The molecule has 0 aromatic carbocycles. The molecule has 150 valence electrons. The van der Waals surface area contributed by atoms with E-state index >= 15 is 0 Å². The Kier molecular flexibility index (Phi) is 5.09. The van der Waals surface area contributed by atoms with Gasteiger partial charge in [0.2, 0.25) is 0 Å². The first-order chi connectivity index (χ1) is 14.0. The Balaban J connectivity index is 1.68. The van der Waals surface area contributed by atoms with E-state index in [2.05, 4.69) is 28.0 Å². The van der Waals surface area contributed by atoms with Crippen LogP contribution in [0.25, 0.3) is 16.6 Å². The lowest BCUT2D eigenvalue weighted by Gasteiger charge is -2.37. The van der Waals surface area contributed by atoms with E-state index in [1.807, 2.05) is 24.4 Å². The number of nitriles is 1. The fraction of sp³-hybridized carbons (Fsp3) is 0.381. The van der Waals surface area contributed by atoms with Crippen molar-refractivity contribution >= 4 is 11.3 Å². The average molecular weight is 392 g/mol. The van der Waals surface area contributed by atoms with Crippen molar-refractivity contribution in [2.75, 3.05) is 31.2 Å². The van der Waals surface area contributed by atoms with E-state index in [0.717, 1.165) is 42.9 Å². The lowest BCUT2D eigenvalue weighted by Crippen LogP contribution is -2.48. The third-order valence-corrected chi connectivity index (χ3v) is 5.36. The van der Waals surface area contributed by atoms with Gasteiger partial charge in [-0.1, -0.05) is 0 Å². The van der Waals surface area contributed by atoms with Crippen LogP contribution in [0.4, 0.5) is 5.82 Å². The maximum Gasteiger partial charge on any atom is 0.138 e. The van der Waals surface area contributed by atoms with Gasteiger partial charge in [0.25, 0.3) is 0 Å². The molecule has 0 atom stereocenters. The number of aliphatic hydroxyl groups is 1. The minimum Gasteiger partial charge on any atom is -0.490 e. The SMILES string of the molecule is CC1(N)CCN(c2ccc(-c3cc(OCCO)cn4ncc(C#N)c34)cn2)CC1. The second kappa shape index (κ2) is 7.70. The number of nitrogens with zero attached hydrogens (tertiary/aromatic N) is 5. The number of nitrogens with two attached hydrogens (primary N) is 1. The molecular formula is C21H24N6O2. The summed E-state index contributed by atoms with van der Waals surface area (Å²) in [4.78, 5) is 6.90. The molecule has 0 unspecified atom stereocenters. The van der Waals surface area contributed by atoms with Crippen LogP contribution in [-0.4, -0.2) is 51.5 Å². The lowest BCUT2D eigenvalue weighted by molar-refractivity contribution is 0.201. The predicted octanol–water partition coefficient (Wildman–Crippen LogP) is 1.96. The summed E-state index contributed by atoms with van der Waals surface area (Å²) in [6, 6.07) is 8.03. The molecule has 8 nitrogen and oxygen atoms in total. The molecule has 3 N–H and O–H groups in total. The van der Waals surface area contributed by atoms with Crippen molar-refractivity contribution in [2.24, 2.45) is 5.73 Å². The van der Waals surface area contributed by atoms with Crippen LogP contribution in [0.15, 0.2) is 36.8 Å². The highest BCUT2D eigenvalue weighted by Crippen LogP contribution is 2.32. The van der Waals surface area contributed by atoms with Crippen molar-refractivity contribution in [1.29, 1.82) is 5.26 Å². The van der Waals surface area contributed by atoms with E-state index in [1.165, 1.54) is 6.20 Å². The molecule has 0 spiro atoms. The Morgan fingerprint density at radius 2 is 2.10 bits per heavy atom. The van der Waals surface area contributed by atoms with Crippen molar-refractivity contribution in [3.63, 3.8) is 0 Å². The van der Waals surface area contributed by atoms with Crippen molar-refractivity contribution in [3.8, 4) is 22.9 Å². The largest absolute Gasteiger partial charge is 0.490 e. The monoisotopic (exact) mass is 392 g/mol. The van der Waals surface area contributed by atoms with Crippen molar-refractivity contribution < 1.29 is 9.84 Å². The van der Waals surface area contributed by atoms with Crippen LogP contribution < -0.4 is 15.4 Å². The number of hydrogen-bond acceptors (Lipinski definition) is 7.